The Kier molecular flexibility index (Phi) is 5.68. The highest BCUT2D eigenvalue weighted by Crippen LogP contribution is 2.29. The zero-order chi connectivity index (χ0) is 14.4. The van der Waals surface area contributed by atoms with Gasteiger partial charge in [0, 0.05) is 12.2 Å². The smallest absolute Gasteiger partial charge is 0.123 e. The van der Waals surface area contributed by atoms with Crippen molar-refractivity contribution in [1.82, 2.24) is 0 Å². The summed E-state index contributed by atoms with van der Waals surface area (Å²) in [6, 6.07) is 5.48. The molecule has 1 aliphatic rings. The van der Waals surface area contributed by atoms with Gasteiger partial charge in [0.05, 0.1) is 26.9 Å². The Hall–Kier alpha value is -1.26. The number of ether oxygens (including phenoxy) is 3. The van der Waals surface area contributed by atoms with Crippen LogP contribution in [0.4, 0.5) is 0 Å². The molecule has 1 saturated carbocycles. The van der Waals surface area contributed by atoms with Crippen LogP contribution in [0.2, 0.25) is 0 Å². The van der Waals surface area contributed by atoms with Crippen molar-refractivity contribution in [3.63, 3.8) is 0 Å². The van der Waals surface area contributed by atoms with Crippen LogP contribution in [0.15, 0.2) is 18.2 Å². The van der Waals surface area contributed by atoms with Crippen LogP contribution in [0.1, 0.15) is 37.3 Å². The van der Waals surface area contributed by atoms with Gasteiger partial charge in [-0.1, -0.05) is 12.8 Å². The Morgan fingerprint density at radius 3 is 2.60 bits per heavy atom. The van der Waals surface area contributed by atoms with Crippen molar-refractivity contribution in [3.8, 4) is 11.5 Å². The third-order valence-corrected chi connectivity index (χ3v) is 3.96. The molecule has 1 atom stereocenters. The van der Waals surface area contributed by atoms with E-state index in [2.05, 4.69) is 0 Å². The second kappa shape index (κ2) is 7.50. The summed E-state index contributed by atoms with van der Waals surface area (Å²) in [7, 11) is 3.30. The van der Waals surface area contributed by atoms with Crippen LogP contribution in [0.25, 0.3) is 0 Å². The molecule has 1 fully saturated rings. The summed E-state index contributed by atoms with van der Waals surface area (Å²) in [6.07, 6.45) is 5.25. The van der Waals surface area contributed by atoms with Crippen LogP contribution >= 0.6 is 0 Å². The predicted molar refractivity (Wildman–Crippen MR) is 79.3 cm³/mol. The molecule has 0 heterocycles. The second-order valence-electron chi connectivity index (χ2n) is 5.40. The fourth-order valence-electron chi connectivity index (χ4n) is 2.76. The first-order valence-corrected chi connectivity index (χ1v) is 7.30. The van der Waals surface area contributed by atoms with Gasteiger partial charge in [0.15, 0.2) is 0 Å². The van der Waals surface area contributed by atoms with Crippen molar-refractivity contribution >= 4 is 0 Å². The lowest BCUT2D eigenvalue weighted by Crippen LogP contribution is -2.20. The molecule has 112 valence electrons. The number of methoxy groups -OCH3 is 2. The molecule has 1 aromatic rings. The summed E-state index contributed by atoms with van der Waals surface area (Å²) in [6.45, 7) is 1.33. The summed E-state index contributed by atoms with van der Waals surface area (Å²) in [5.41, 5.74) is 7.15. The average molecular weight is 279 g/mol. The first-order chi connectivity index (χ1) is 9.74. The SMILES string of the molecule is COc1ccc(OC)c(C(N)COCC2CCCC2)c1. The van der Waals surface area contributed by atoms with Gasteiger partial charge in [-0.05, 0) is 37.0 Å². The minimum Gasteiger partial charge on any atom is -0.497 e. The number of benzene rings is 1. The molecular weight excluding hydrogens is 254 g/mol. The van der Waals surface area contributed by atoms with Crippen LogP contribution in [0.3, 0.4) is 0 Å². The van der Waals surface area contributed by atoms with E-state index in [0.29, 0.717) is 6.61 Å². The first kappa shape index (κ1) is 15.1. The van der Waals surface area contributed by atoms with Gasteiger partial charge in [-0.2, -0.15) is 0 Å². The largest absolute Gasteiger partial charge is 0.497 e. The molecule has 2 rings (SSSR count). The van der Waals surface area contributed by atoms with Crippen molar-refractivity contribution in [1.29, 1.82) is 0 Å². The number of hydrogen-bond donors (Lipinski definition) is 1. The average Bonchev–Trinajstić information content (AvgIpc) is 2.99. The van der Waals surface area contributed by atoms with Crippen LogP contribution in [-0.4, -0.2) is 27.4 Å². The minimum atomic E-state index is -0.193. The molecule has 20 heavy (non-hydrogen) atoms. The molecule has 4 nitrogen and oxygen atoms in total. The molecule has 0 saturated heterocycles. The number of nitrogens with two attached hydrogens (primary N) is 1. The molecule has 0 aliphatic heterocycles. The predicted octanol–water partition coefficient (Wildman–Crippen LogP) is 2.91. The summed E-state index contributed by atoms with van der Waals surface area (Å²) in [4.78, 5) is 0. The third-order valence-electron chi connectivity index (χ3n) is 3.96. The maximum Gasteiger partial charge on any atom is 0.123 e. The molecule has 0 aromatic heterocycles. The summed E-state index contributed by atoms with van der Waals surface area (Å²) < 4.78 is 16.4. The van der Waals surface area contributed by atoms with Crippen molar-refractivity contribution in [2.75, 3.05) is 27.4 Å². The van der Waals surface area contributed by atoms with E-state index in [1.54, 1.807) is 14.2 Å². The van der Waals surface area contributed by atoms with Gasteiger partial charge in [0.25, 0.3) is 0 Å². The molecular formula is C16H25NO3. The van der Waals surface area contributed by atoms with E-state index in [-0.39, 0.29) is 6.04 Å². The van der Waals surface area contributed by atoms with Gasteiger partial charge < -0.3 is 19.9 Å². The molecule has 0 spiro atoms. The molecule has 1 aromatic carbocycles. The monoisotopic (exact) mass is 279 g/mol. The van der Waals surface area contributed by atoms with E-state index in [0.717, 1.165) is 29.6 Å². The van der Waals surface area contributed by atoms with Gasteiger partial charge in [-0.15, -0.1) is 0 Å². The van der Waals surface area contributed by atoms with Crippen LogP contribution in [-0.2, 0) is 4.74 Å². The maximum absolute atomic E-state index is 6.22. The van der Waals surface area contributed by atoms with Gasteiger partial charge in [0.1, 0.15) is 11.5 Å². The summed E-state index contributed by atoms with van der Waals surface area (Å²) in [5.74, 6) is 2.28. The van der Waals surface area contributed by atoms with Crippen molar-refractivity contribution < 1.29 is 14.2 Å². The molecule has 4 heteroatoms. The Bertz CT molecular complexity index is 416. The van der Waals surface area contributed by atoms with Crippen LogP contribution in [0.5, 0.6) is 11.5 Å². The number of hydrogen-bond acceptors (Lipinski definition) is 4. The second-order valence-corrected chi connectivity index (χ2v) is 5.40. The maximum atomic E-state index is 6.22. The van der Waals surface area contributed by atoms with Crippen LogP contribution < -0.4 is 15.2 Å². The van der Waals surface area contributed by atoms with E-state index in [4.69, 9.17) is 19.9 Å². The highest BCUT2D eigenvalue weighted by Gasteiger charge is 2.17. The Balaban J connectivity index is 1.91. The normalized spacial score (nSPS) is 17.1. The Morgan fingerprint density at radius 1 is 1.20 bits per heavy atom. The highest BCUT2D eigenvalue weighted by molar-refractivity contribution is 5.42. The highest BCUT2D eigenvalue weighted by atomic mass is 16.5. The van der Waals surface area contributed by atoms with E-state index in [1.165, 1.54) is 25.7 Å². The quantitative estimate of drug-likeness (QED) is 0.834. The van der Waals surface area contributed by atoms with Crippen molar-refractivity contribution in [2.24, 2.45) is 11.7 Å². The zero-order valence-electron chi connectivity index (χ0n) is 12.4. The van der Waals surface area contributed by atoms with Crippen molar-refractivity contribution in [3.05, 3.63) is 23.8 Å². The zero-order valence-corrected chi connectivity index (χ0v) is 12.4. The van der Waals surface area contributed by atoms with E-state index >= 15 is 0 Å². The lowest BCUT2D eigenvalue weighted by Gasteiger charge is -2.18. The van der Waals surface area contributed by atoms with Gasteiger partial charge in [-0.3, -0.25) is 0 Å². The van der Waals surface area contributed by atoms with E-state index < -0.39 is 0 Å². The van der Waals surface area contributed by atoms with E-state index in [9.17, 15) is 0 Å². The van der Waals surface area contributed by atoms with Crippen LogP contribution in [0, 0.1) is 5.92 Å². The van der Waals surface area contributed by atoms with Gasteiger partial charge in [0.2, 0.25) is 0 Å². The molecule has 2 N–H and O–H groups in total. The molecule has 1 unspecified atom stereocenters. The topological polar surface area (TPSA) is 53.7 Å². The third kappa shape index (κ3) is 3.87. The molecule has 0 amide bonds. The van der Waals surface area contributed by atoms with Crippen molar-refractivity contribution in [2.45, 2.75) is 31.7 Å². The Morgan fingerprint density at radius 2 is 1.95 bits per heavy atom. The number of rotatable bonds is 7. The summed E-state index contributed by atoms with van der Waals surface area (Å²) in [5, 5.41) is 0. The lowest BCUT2D eigenvalue weighted by molar-refractivity contribution is 0.0899. The molecule has 0 bridgehead atoms. The van der Waals surface area contributed by atoms with Gasteiger partial charge >= 0.3 is 0 Å². The first-order valence-electron chi connectivity index (χ1n) is 7.30. The fourth-order valence-corrected chi connectivity index (χ4v) is 2.76. The van der Waals surface area contributed by atoms with E-state index in [1.807, 2.05) is 18.2 Å². The molecule has 1 aliphatic carbocycles. The Labute approximate surface area is 121 Å². The fraction of sp³-hybridized carbons (Fsp3) is 0.625. The molecule has 0 radical (unpaired) electrons. The van der Waals surface area contributed by atoms with Gasteiger partial charge in [-0.25, -0.2) is 0 Å². The summed E-state index contributed by atoms with van der Waals surface area (Å²) >= 11 is 0. The lowest BCUT2D eigenvalue weighted by atomic mass is 10.1. The minimum absolute atomic E-state index is 0.193. The standard InChI is InChI=1S/C16H25NO3/c1-18-13-7-8-16(19-2)14(9-13)15(17)11-20-10-12-5-3-4-6-12/h7-9,12,15H,3-6,10-11,17H2,1-2H3.